The van der Waals surface area contributed by atoms with Crippen LogP contribution in [-0.4, -0.2) is 111 Å². The van der Waals surface area contributed by atoms with Crippen LogP contribution in [0.4, 0.5) is 0 Å². The van der Waals surface area contributed by atoms with Crippen molar-refractivity contribution in [3.05, 3.63) is 0 Å². The fourth-order valence-corrected chi connectivity index (χ4v) is 2.40. The molecule has 10 nitrogen and oxygen atoms in total. The van der Waals surface area contributed by atoms with Gasteiger partial charge in [0.1, 0.15) is 12.1 Å². The van der Waals surface area contributed by atoms with Crippen LogP contribution in [0, 0.1) is 0 Å². The first-order valence-electron chi connectivity index (χ1n) is 8.80. The van der Waals surface area contributed by atoms with Gasteiger partial charge in [0, 0.05) is 37.7 Å². The van der Waals surface area contributed by atoms with Crippen molar-refractivity contribution in [1.82, 2.24) is 31.1 Å². The Bertz CT molecular complexity index is 487. The summed E-state index contributed by atoms with van der Waals surface area (Å²) in [6.45, 7) is 2.05. The van der Waals surface area contributed by atoms with Gasteiger partial charge in [0.2, 0.25) is 11.8 Å². The standard InChI is InChI=1S/C16H32N6O4S2/c1-21(2)7-5-17-13(23)11(9-27)19-15(25)16(26)20-12(10-28)14(24)18-6-8-22(3)4/h11-12,27-28H,5-10H2,1-4H3,(H,17,23)(H,18,24)(H,19,25)(H,20,26). The summed E-state index contributed by atoms with van der Waals surface area (Å²) in [7, 11) is 7.46. The van der Waals surface area contributed by atoms with Gasteiger partial charge in [0.15, 0.2) is 0 Å². The first kappa shape index (κ1) is 26.5. The molecule has 0 fully saturated rings. The van der Waals surface area contributed by atoms with E-state index in [1.54, 1.807) is 0 Å². The average molecular weight is 437 g/mol. The fraction of sp³-hybridized carbons (Fsp3) is 0.750. The molecule has 0 spiro atoms. The van der Waals surface area contributed by atoms with Crippen molar-refractivity contribution in [2.24, 2.45) is 0 Å². The molecule has 12 heteroatoms. The van der Waals surface area contributed by atoms with Gasteiger partial charge in [0.25, 0.3) is 0 Å². The lowest BCUT2D eigenvalue weighted by atomic mass is 10.2. The molecular weight excluding hydrogens is 404 g/mol. The van der Waals surface area contributed by atoms with Crippen molar-refractivity contribution in [3.8, 4) is 0 Å². The second-order valence-corrected chi connectivity index (χ2v) is 7.34. The zero-order valence-corrected chi connectivity index (χ0v) is 18.6. The smallest absolute Gasteiger partial charge is 0.310 e. The van der Waals surface area contributed by atoms with Crippen LogP contribution in [0.2, 0.25) is 0 Å². The maximum absolute atomic E-state index is 12.1. The fourth-order valence-electron chi connectivity index (χ4n) is 1.89. The Balaban J connectivity index is 4.57. The number of hydrogen-bond acceptors (Lipinski definition) is 8. The number of nitrogens with one attached hydrogen (secondary N) is 4. The van der Waals surface area contributed by atoms with Crippen LogP contribution in [-0.2, 0) is 19.2 Å². The van der Waals surface area contributed by atoms with E-state index in [0.717, 1.165) is 0 Å². The van der Waals surface area contributed by atoms with E-state index in [2.05, 4.69) is 46.5 Å². The third-order valence-corrected chi connectivity index (χ3v) is 4.26. The van der Waals surface area contributed by atoms with Gasteiger partial charge in [0.05, 0.1) is 0 Å². The number of carbonyl (C=O) groups excluding carboxylic acids is 4. The van der Waals surface area contributed by atoms with E-state index in [1.807, 2.05) is 38.0 Å². The normalized spacial score (nSPS) is 13.0. The molecule has 0 aliphatic carbocycles. The molecule has 2 atom stereocenters. The van der Waals surface area contributed by atoms with E-state index in [9.17, 15) is 19.2 Å². The Morgan fingerprint density at radius 3 is 1.29 bits per heavy atom. The minimum atomic E-state index is -1.02. The van der Waals surface area contributed by atoms with Crippen LogP contribution in [0.1, 0.15) is 0 Å². The summed E-state index contributed by atoms with van der Waals surface area (Å²) < 4.78 is 0. The molecule has 4 N–H and O–H groups in total. The van der Waals surface area contributed by atoms with E-state index < -0.39 is 35.7 Å². The highest BCUT2D eigenvalue weighted by atomic mass is 32.1. The molecule has 4 amide bonds. The molecule has 0 aromatic heterocycles. The Morgan fingerprint density at radius 2 is 1.04 bits per heavy atom. The van der Waals surface area contributed by atoms with Gasteiger partial charge in [-0.1, -0.05) is 0 Å². The summed E-state index contributed by atoms with van der Waals surface area (Å²) in [4.78, 5) is 52.1. The zero-order chi connectivity index (χ0) is 21.7. The number of amides is 4. The number of thiol groups is 2. The molecule has 0 aliphatic heterocycles. The molecule has 0 heterocycles. The van der Waals surface area contributed by atoms with E-state index in [1.165, 1.54) is 0 Å². The number of carbonyl (C=O) groups is 4. The molecular formula is C16H32N6O4S2. The van der Waals surface area contributed by atoms with E-state index in [4.69, 9.17) is 0 Å². The molecule has 0 aliphatic rings. The van der Waals surface area contributed by atoms with Gasteiger partial charge in [-0.25, -0.2) is 0 Å². The van der Waals surface area contributed by atoms with E-state index in [-0.39, 0.29) is 11.5 Å². The summed E-state index contributed by atoms with van der Waals surface area (Å²) in [6, 6.07) is -1.93. The van der Waals surface area contributed by atoms with Gasteiger partial charge < -0.3 is 31.1 Å². The number of rotatable bonds is 12. The Hall–Kier alpha value is -1.50. The topological polar surface area (TPSA) is 123 Å². The molecule has 0 bridgehead atoms. The molecule has 162 valence electrons. The molecule has 0 saturated heterocycles. The third kappa shape index (κ3) is 11.4. The summed E-state index contributed by atoms with van der Waals surface area (Å²) in [5.41, 5.74) is 0. The third-order valence-electron chi connectivity index (χ3n) is 3.53. The van der Waals surface area contributed by atoms with Gasteiger partial charge in [-0.3, -0.25) is 19.2 Å². The van der Waals surface area contributed by atoms with Gasteiger partial charge >= 0.3 is 11.8 Å². The van der Waals surface area contributed by atoms with Crippen LogP contribution < -0.4 is 21.3 Å². The molecule has 2 unspecified atom stereocenters. The van der Waals surface area contributed by atoms with Crippen molar-refractivity contribution < 1.29 is 19.2 Å². The number of likely N-dealkylation sites (N-methyl/N-ethyl adjacent to an activating group) is 2. The van der Waals surface area contributed by atoms with Crippen LogP contribution in [0.5, 0.6) is 0 Å². The first-order chi connectivity index (χ1) is 13.1. The lowest BCUT2D eigenvalue weighted by Crippen LogP contribution is -2.56. The van der Waals surface area contributed by atoms with Crippen LogP contribution in [0.25, 0.3) is 0 Å². The Labute approximate surface area is 177 Å². The molecule has 0 radical (unpaired) electrons. The van der Waals surface area contributed by atoms with Crippen molar-refractivity contribution in [2.75, 3.05) is 65.9 Å². The SMILES string of the molecule is CN(C)CCNC(=O)C(CS)NC(=O)C(=O)NC(CS)C(=O)NCCN(C)C. The maximum Gasteiger partial charge on any atom is 0.310 e. The summed E-state index contributed by atoms with van der Waals surface area (Å²) in [5, 5.41) is 9.94. The Kier molecular flexibility index (Phi) is 13.7. The quantitative estimate of drug-likeness (QED) is 0.145. The number of hydrogen-bond donors (Lipinski definition) is 6. The van der Waals surface area contributed by atoms with Gasteiger partial charge in [-0.15, -0.1) is 0 Å². The van der Waals surface area contributed by atoms with E-state index in [0.29, 0.717) is 26.2 Å². The molecule has 0 aromatic carbocycles. The lowest BCUT2D eigenvalue weighted by molar-refractivity contribution is -0.141. The minimum absolute atomic E-state index is 0.0217. The average Bonchev–Trinajstić information content (AvgIpc) is 2.62. The monoisotopic (exact) mass is 436 g/mol. The summed E-state index contributed by atoms with van der Waals surface area (Å²) >= 11 is 8.08. The Morgan fingerprint density at radius 1 is 0.714 bits per heavy atom. The highest BCUT2D eigenvalue weighted by Gasteiger charge is 2.26. The largest absolute Gasteiger partial charge is 0.353 e. The zero-order valence-electron chi connectivity index (χ0n) is 16.8. The number of nitrogens with zero attached hydrogens (tertiary/aromatic N) is 2. The van der Waals surface area contributed by atoms with Crippen LogP contribution in [0.15, 0.2) is 0 Å². The minimum Gasteiger partial charge on any atom is -0.353 e. The van der Waals surface area contributed by atoms with Crippen molar-refractivity contribution in [3.63, 3.8) is 0 Å². The second kappa shape index (κ2) is 14.5. The van der Waals surface area contributed by atoms with Gasteiger partial charge in [-0.05, 0) is 28.2 Å². The molecule has 0 aromatic rings. The van der Waals surface area contributed by atoms with Crippen molar-refractivity contribution in [2.45, 2.75) is 12.1 Å². The molecule has 28 heavy (non-hydrogen) atoms. The van der Waals surface area contributed by atoms with Gasteiger partial charge in [-0.2, -0.15) is 25.3 Å². The van der Waals surface area contributed by atoms with E-state index >= 15 is 0 Å². The van der Waals surface area contributed by atoms with Crippen LogP contribution in [0.3, 0.4) is 0 Å². The maximum atomic E-state index is 12.1. The highest BCUT2D eigenvalue weighted by Crippen LogP contribution is 1.92. The van der Waals surface area contributed by atoms with Crippen molar-refractivity contribution >= 4 is 48.9 Å². The van der Waals surface area contributed by atoms with Crippen LogP contribution >= 0.6 is 25.3 Å². The molecule has 0 saturated carbocycles. The van der Waals surface area contributed by atoms with Crippen molar-refractivity contribution in [1.29, 1.82) is 0 Å². The predicted octanol–water partition coefficient (Wildman–Crippen LogP) is -2.83. The second-order valence-electron chi connectivity index (χ2n) is 6.61. The predicted molar refractivity (Wildman–Crippen MR) is 115 cm³/mol. The highest BCUT2D eigenvalue weighted by molar-refractivity contribution is 7.80. The summed E-state index contributed by atoms with van der Waals surface area (Å²) in [6.07, 6.45) is 0. The summed E-state index contributed by atoms with van der Waals surface area (Å²) in [5.74, 6) is -2.87. The first-order valence-corrected chi connectivity index (χ1v) is 10.1. The molecule has 0 rings (SSSR count). The lowest BCUT2D eigenvalue weighted by Gasteiger charge is -2.19.